The van der Waals surface area contributed by atoms with Crippen LogP contribution in [0.15, 0.2) is 97.1 Å². The van der Waals surface area contributed by atoms with Crippen LogP contribution >= 0.6 is 0 Å². The number of amides is 2. The van der Waals surface area contributed by atoms with Gasteiger partial charge in [-0.3, -0.25) is 14.4 Å². The molecule has 2 aliphatic rings. The summed E-state index contributed by atoms with van der Waals surface area (Å²) in [7, 11) is 0. The fraction of sp³-hybridized carbons (Fsp3) is 0.270. The second-order valence-corrected chi connectivity index (χ2v) is 11.3. The molecule has 2 fully saturated rings. The minimum Gasteiger partial charge on any atom is -0.391 e. The van der Waals surface area contributed by atoms with E-state index in [9.17, 15) is 24.6 Å². The largest absolute Gasteiger partial charge is 0.391 e. The van der Waals surface area contributed by atoms with E-state index in [1.165, 1.54) is 0 Å². The lowest BCUT2D eigenvalue weighted by Gasteiger charge is -2.18. The van der Waals surface area contributed by atoms with Crippen LogP contribution in [0.3, 0.4) is 0 Å². The van der Waals surface area contributed by atoms with Crippen LogP contribution in [0, 0.1) is 0 Å². The molecule has 9 heteroatoms. The van der Waals surface area contributed by atoms with Gasteiger partial charge in [0.2, 0.25) is 0 Å². The Labute approximate surface area is 269 Å². The molecule has 238 valence electrons. The molecule has 2 amide bonds. The molecule has 2 saturated heterocycles. The van der Waals surface area contributed by atoms with E-state index in [-0.39, 0.29) is 29.8 Å². The molecule has 2 aliphatic heterocycles. The van der Waals surface area contributed by atoms with Crippen molar-refractivity contribution in [2.45, 2.75) is 38.9 Å². The summed E-state index contributed by atoms with van der Waals surface area (Å²) >= 11 is 0. The Kier molecular flexibility index (Phi) is 10.5. The first kappa shape index (κ1) is 32.4. The third-order valence-electron chi connectivity index (χ3n) is 8.13. The van der Waals surface area contributed by atoms with Gasteiger partial charge in [0.15, 0.2) is 5.78 Å². The van der Waals surface area contributed by atoms with Crippen molar-refractivity contribution in [2.75, 3.05) is 46.6 Å². The van der Waals surface area contributed by atoms with Gasteiger partial charge in [-0.2, -0.15) is 0 Å². The van der Waals surface area contributed by atoms with E-state index in [1.807, 2.05) is 38.1 Å². The summed E-state index contributed by atoms with van der Waals surface area (Å²) < 4.78 is 0. The van der Waals surface area contributed by atoms with Crippen molar-refractivity contribution in [2.24, 2.45) is 0 Å². The molecule has 0 radical (unpaired) electrons. The average Bonchev–Trinajstić information content (AvgIpc) is 3.74. The summed E-state index contributed by atoms with van der Waals surface area (Å²) in [6.45, 7) is 6.78. The van der Waals surface area contributed by atoms with E-state index in [2.05, 4.69) is 20.4 Å². The van der Waals surface area contributed by atoms with Crippen molar-refractivity contribution in [3.63, 3.8) is 0 Å². The minimum atomic E-state index is -0.313. The zero-order valence-corrected chi connectivity index (χ0v) is 26.1. The summed E-state index contributed by atoms with van der Waals surface area (Å²) in [5.74, 6) is -0.680. The topological polar surface area (TPSA) is 122 Å². The van der Waals surface area contributed by atoms with Gasteiger partial charge in [0.05, 0.1) is 12.2 Å². The monoisotopic (exact) mass is 620 g/mol. The number of aliphatic hydroxyl groups is 2. The highest BCUT2D eigenvalue weighted by atomic mass is 16.3. The zero-order chi connectivity index (χ0) is 32.6. The van der Waals surface area contributed by atoms with Gasteiger partial charge in [-0.15, -0.1) is 0 Å². The Morgan fingerprint density at radius 3 is 1.17 bits per heavy atom. The maximum Gasteiger partial charge on any atom is 0.255 e. The molecule has 9 nitrogen and oxygen atoms in total. The molecule has 0 saturated carbocycles. The second-order valence-electron chi connectivity index (χ2n) is 11.3. The van der Waals surface area contributed by atoms with Gasteiger partial charge in [0.1, 0.15) is 0 Å². The summed E-state index contributed by atoms with van der Waals surface area (Å²) in [6, 6.07) is 28.0. The highest BCUT2D eigenvalue weighted by Crippen LogP contribution is 2.23. The number of hydrogen-bond donors (Lipinski definition) is 4. The Hall–Kier alpha value is -4.99. The van der Waals surface area contributed by atoms with E-state index < -0.39 is 0 Å². The van der Waals surface area contributed by atoms with Gasteiger partial charge < -0.3 is 30.6 Å². The normalized spacial score (nSPS) is 17.2. The number of anilines is 4. The van der Waals surface area contributed by atoms with Crippen molar-refractivity contribution in [3.05, 3.63) is 119 Å². The summed E-state index contributed by atoms with van der Waals surface area (Å²) in [5.41, 5.74) is 5.07. The number of ketones is 1. The predicted octanol–water partition coefficient (Wildman–Crippen LogP) is 5.59. The van der Waals surface area contributed by atoms with Crippen molar-refractivity contribution < 1.29 is 24.6 Å². The number of β-amino-alcohol motifs (C(OH)–C–C–N with tert-alkyl or cyclic N) is 2. The fourth-order valence-corrected chi connectivity index (χ4v) is 5.58. The quantitative estimate of drug-likeness (QED) is 0.190. The van der Waals surface area contributed by atoms with Crippen molar-refractivity contribution in [3.8, 4) is 0 Å². The molecule has 0 spiro atoms. The predicted molar refractivity (Wildman–Crippen MR) is 182 cm³/mol. The Morgan fingerprint density at radius 1 is 0.543 bits per heavy atom. The molecule has 2 unspecified atom stereocenters. The Morgan fingerprint density at radius 2 is 0.870 bits per heavy atom. The molecule has 4 aromatic rings. The summed E-state index contributed by atoms with van der Waals surface area (Å²) in [5, 5.41) is 25.2. The van der Waals surface area contributed by atoms with Crippen LogP contribution in [0.25, 0.3) is 0 Å². The maximum absolute atomic E-state index is 13.1. The van der Waals surface area contributed by atoms with Gasteiger partial charge in [-0.1, -0.05) is 13.8 Å². The zero-order valence-electron chi connectivity index (χ0n) is 26.1. The third kappa shape index (κ3) is 7.80. The number of rotatable bonds is 8. The van der Waals surface area contributed by atoms with E-state index in [0.717, 1.165) is 37.3 Å². The molecule has 46 heavy (non-hydrogen) atoms. The molecule has 6 rings (SSSR count). The number of aliphatic hydroxyl groups excluding tert-OH is 2. The number of nitrogens with one attached hydrogen (secondary N) is 2. The van der Waals surface area contributed by atoms with E-state index in [4.69, 9.17) is 0 Å². The highest BCUT2D eigenvalue weighted by molar-refractivity contribution is 6.10. The molecule has 0 aromatic heterocycles. The second kappa shape index (κ2) is 14.9. The van der Waals surface area contributed by atoms with Crippen molar-refractivity contribution in [1.82, 2.24) is 0 Å². The van der Waals surface area contributed by atoms with Crippen molar-refractivity contribution in [1.29, 1.82) is 0 Å². The van der Waals surface area contributed by atoms with Crippen LogP contribution in [-0.2, 0) is 0 Å². The Balaban J connectivity index is 0.00000204. The van der Waals surface area contributed by atoms with Gasteiger partial charge in [0.25, 0.3) is 11.8 Å². The molecule has 2 heterocycles. The van der Waals surface area contributed by atoms with E-state index >= 15 is 0 Å². The molecule has 2 atom stereocenters. The summed E-state index contributed by atoms with van der Waals surface area (Å²) in [6.07, 6.45) is 0.861. The molecular formula is C37H40N4O5. The van der Waals surface area contributed by atoms with Crippen LogP contribution in [-0.4, -0.2) is 66.2 Å². The van der Waals surface area contributed by atoms with Crippen molar-refractivity contribution >= 4 is 40.3 Å². The van der Waals surface area contributed by atoms with Crippen LogP contribution in [0.5, 0.6) is 0 Å². The third-order valence-corrected chi connectivity index (χ3v) is 8.13. The lowest BCUT2D eigenvalue weighted by molar-refractivity contribution is 0.101. The van der Waals surface area contributed by atoms with Gasteiger partial charge in [0, 0.05) is 71.2 Å². The fourth-order valence-electron chi connectivity index (χ4n) is 5.58. The SMILES string of the molecule is CC.O=C(Nc1ccc(C(=O)c2ccc(NC(=O)c3ccc(N4CCC(O)C4)cc3)cc2)cc1)c1ccc(N2CCC(O)C2)cc1. The van der Waals surface area contributed by atoms with E-state index in [1.54, 1.807) is 72.8 Å². The minimum absolute atomic E-state index is 0.175. The van der Waals surface area contributed by atoms with Gasteiger partial charge in [-0.05, 0) is 110 Å². The lowest BCUT2D eigenvalue weighted by Crippen LogP contribution is -2.21. The van der Waals surface area contributed by atoms with Crippen LogP contribution < -0.4 is 20.4 Å². The molecule has 4 N–H and O–H groups in total. The van der Waals surface area contributed by atoms with Crippen LogP contribution in [0.4, 0.5) is 22.7 Å². The average molecular weight is 621 g/mol. The van der Waals surface area contributed by atoms with E-state index in [0.29, 0.717) is 46.7 Å². The molecule has 4 aromatic carbocycles. The molecule has 0 bridgehead atoms. The number of carbonyl (C=O) groups is 3. The molecular weight excluding hydrogens is 580 g/mol. The first-order chi connectivity index (χ1) is 22.3. The summed E-state index contributed by atoms with van der Waals surface area (Å²) in [4.78, 5) is 42.7. The first-order valence-corrected chi connectivity index (χ1v) is 15.8. The number of benzene rings is 4. The number of carbonyl (C=O) groups excluding carboxylic acids is 3. The Bertz CT molecular complexity index is 1510. The first-order valence-electron chi connectivity index (χ1n) is 15.8. The van der Waals surface area contributed by atoms with Crippen LogP contribution in [0.1, 0.15) is 63.3 Å². The molecule has 0 aliphatic carbocycles. The highest BCUT2D eigenvalue weighted by Gasteiger charge is 2.22. The van der Waals surface area contributed by atoms with Crippen LogP contribution in [0.2, 0.25) is 0 Å². The lowest BCUT2D eigenvalue weighted by atomic mass is 10.0. The standard InChI is InChI=1S/C35H34N4O5.C2H6/c40-31-17-19-38(21-31)29-13-5-25(6-14-29)34(43)36-27-9-1-23(2-10-27)33(42)24-3-11-28(12-4-24)37-35(44)26-7-15-30(16-8-26)39-20-18-32(41)22-39;1-2/h1-16,31-32,40-41H,17-22H2,(H,36,43)(H,37,44);1-2H3. The van der Waals surface area contributed by atoms with Gasteiger partial charge >= 0.3 is 0 Å². The van der Waals surface area contributed by atoms with Gasteiger partial charge in [-0.25, -0.2) is 0 Å². The smallest absolute Gasteiger partial charge is 0.255 e. The maximum atomic E-state index is 13.1. The number of nitrogens with zero attached hydrogens (tertiary/aromatic N) is 2. The number of hydrogen-bond acceptors (Lipinski definition) is 7.